The minimum atomic E-state index is -5.96. The summed E-state index contributed by atoms with van der Waals surface area (Å²) in [5.41, 5.74) is -1.75. The van der Waals surface area contributed by atoms with Gasteiger partial charge < -0.3 is 9.29 Å². The molecule has 0 bridgehead atoms. The van der Waals surface area contributed by atoms with E-state index < -0.39 is 45.5 Å². The molecule has 0 unspecified atom stereocenters. The number of hydrogen-bond acceptors (Lipinski definition) is 4. The average Bonchev–Trinajstić information content (AvgIpc) is 3.57. The van der Waals surface area contributed by atoms with Crippen molar-refractivity contribution in [3.05, 3.63) is 230 Å². The van der Waals surface area contributed by atoms with Crippen LogP contribution in [0.5, 0.6) is 11.5 Å². The van der Waals surface area contributed by atoms with Crippen LogP contribution in [0, 0.1) is 0 Å². The molecule has 0 heterocycles. The van der Waals surface area contributed by atoms with Gasteiger partial charge in [-0.2, -0.15) is 21.6 Å². The zero-order chi connectivity index (χ0) is 56.0. The number of phenols is 1. The van der Waals surface area contributed by atoms with Crippen LogP contribution < -0.4 is 4.18 Å². The van der Waals surface area contributed by atoms with E-state index >= 15 is 0 Å². The Morgan fingerprint density at radius 2 is 0.725 bits per heavy atom. The number of aromatic hydroxyl groups is 1. The molecule has 4 nitrogen and oxygen atoms in total. The van der Waals surface area contributed by atoms with E-state index in [1.807, 2.05) is 72.8 Å². The SMILES string of the molecule is [2H]c1c([2H])c([2H])c(-c2c3ccccc3c(-c3cc(O)cc4ccccc34)c3ccccc23)c([2H])c1[2H].[2H]c1c([2H])c([2H])c(-c2c3ccccc3c(-c3cc(OS(=O)(=O)C(F)(F)F)cc4ccccc34)c3ccccc23)c([2H])c1[2H]. The van der Waals surface area contributed by atoms with Crippen molar-refractivity contribution in [3.63, 3.8) is 0 Å². The molecular weight excluding hydrogens is 886 g/mol. The highest BCUT2D eigenvalue weighted by Crippen LogP contribution is 2.48. The third-order valence-electron chi connectivity index (χ3n) is 12.1. The number of alkyl halides is 3. The Morgan fingerprint density at radius 1 is 0.406 bits per heavy atom. The molecule has 0 amide bonds. The average molecular weight is 935 g/mol. The summed E-state index contributed by atoms with van der Waals surface area (Å²) in [6.07, 6.45) is 0. The Labute approximate surface area is 409 Å². The van der Waals surface area contributed by atoms with Crippen molar-refractivity contribution in [2.75, 3.05) is 0 Å². The summed E-state index contributed by atoms with van der Waals surface area (Å²) < 4.78 is 152. The van der Waals surface area contributed by atoms with Gasteiger partial charge >= 0.3 is 15.6 Å². The maximum absolute atomic E-state index is 13.2. The second kappa shape index (κ2) is 17.3. The number of halogens is 3. The van der Waals surface area contributed by atoms with Crippen LogP contribution in [0.25, 0.3) is 109 Å². The summed E-state index contributed by atoms with van der Waals surface area (Å²) >= 11 is 0. The van der Waals surface area contributed by atoms with Crippen LogP contribution in [-0.2, 0) is 10.1 Å². The lowest BCUT2D eigenvalue weighted by Crippen LogP contribution is -2.28. The van der Waals surface area contributed by atoms with Crippen LogP contribution >= 0.6 is 0 Å². The largest absolute Gasteiger partial charge is 0.534 e. The maximum Gasteiger partial charge on any atom is 0.534 e. The molecule has 12 rings (SSSR count). The quantitative estimate of drug-likeness (QED) is 0.102. The van der Waals surface area contributed by atoms with Crippen LogP contribution in [0.4, 0.5) is 13.2 Å². The summed E-state index contributed by atoms with van der Waals surface area (Å²) in [5, 5.41) is 19.0. The molecule has 12 aromatic carbocycles. The highest BCUT2D eigenvalue weighted by atomic mass is 32.2. The fourth-order valence-corrected chi connectivity index (χ4v) is 9.78. The highest BCUT2D eigenvalue weighted by Gasteiger charge is 2.48. The first kappa shape index (κ1) is 33.1. The van der Waals surface area contributed by atoms with Crippen molar-refractivity contribution >= 4 is 74.8 Å². The van der Waals surface area contributed by atoms with Crippen molar-refractivity contribution in [1.82, 2.24) is 0 Å². The second-order valence-corrected chi connectivity index (χ2v) is 17.6. The van der Waals surface area contributed by atoms with Gasteiger partial charge in [0.1, 0.15) is 11.5 Å². The van der Waals surface area contributed by atoms with Gasteiger partial charge in [-0.25, -0.2) is 0 Å². The number of rotatable bonds is 6. The smallest absolute Gasteiger partial charge is 0.508 e. The molecule has 8 heteroatoms. The second-order valence-electron chi connectivity index (χ2n) is 16.1. The fraction of sp³-hybridized carbons (Fsp3) is 0.0164. The molecule has 0 aliphatic carbocycles. The van der Waals surface area contributed by atoms with Gasteiger partial charge in [-0.1, -0.05) is 206 Å². The van der Waals surface area contributed by atoms with Crippen molar-refractivity contribution < 1.29 is 44.6 Å². The zero-order valence-corrected chi connectivity index (χ0v) is 36.7. The van der Waals surface area contributed by atoms with Gasteiger partial charge in [0.05, 0.1) is 13.7 Å². The highest BCUT2D eigenvalue weighted by molar-refractivity contribution is 7.88. The maximum atomic E-state index is 13.2. The number of phenolic OH excluding ortho intramolecular Hbond substituents is 1. The normalized spacial score (nSPS) is 13.9. The lowest BCUT2D eigenvalue weighted by atomic mass is 9.84. The summed E-state index contributed by atoms with van der Waals surface area (Å²) in [5.74, 6) is -0.375. The van der Waals surface area contributed by atoms with E-state index in [0.29, 0.717) is 54.6 Å². The van der Waals surface area contributed by atoms with Crippen molar-refractivity contribution in [2.45, 2.75) is 5.51 Å². The summed E-state index contributed by atoms with van der Waals surface area (Å²) in [6.45, 7) is 0. The molecule has 0 saturated carbocycles. The van der Waals surface area contributed by atoms with E-state index in [0.717, 1.165) is 43.4 Å². The molecule has 334 valence electrons. The molecule has 0 aliphatic heterocycles. The summed E-state index contributed by atoms with van der Waals surface area (Å²) in [4.78, 5) is 0. The topological polar surface area (TPSA) is 63.6 Å². The van der Waals surface area contributed by atoms with Gasteiger partial charge in [-0.3, -0.25) is 0 Å². The molecule has 12 aromatic rings. The Morgan fingerprint density at radius 3 is 1.10 bits per heavy atom. The Balaban J connectivity index is 0.000000170. The van der Waals surface area contributed by atoms with E-state index in [9.17, 15) is 26.7 Å². The van der Waals surface area contributed by atoms with Crippen LogP contribution in [-0.4, -0.2) is 19.0 Å². The van der Waals surface area contributed by atoms with E-state index in [-0.39, 0.29) is 53.1 Å². The van der Waals surface area contributed by atoms with E-state index in [1.54, 1.807) is 84.9 Å². The van der Waals surface area contributed by atoms with Gasteiger partial charge in [-0.15, -0.1) is 0 Å². The monoisotopic (exact) mass is 934 g/mol. The van der Waals surface area contributed by atoms with Crippen molar-refractivity contribution in [1.29, 1.82) is 0 Å². The summed E-state index contributed by atoms with van der Waals surface area (Å²) in [7, 11) is -5.96. The first-order valence-electron chi connectivity index (χ1n) is 26.5. The van der Waals surface area contributed by atoms with Crippen molar-refractivity contribution in [2.24, 2.45) is 0 Å². The van der Waals surface area contributed by atoms with Crippen LogP contribution in [0.15, 0.2) is 230 Å². The third kappa shape index (κ3) is 7.74. The van der Waals surface area contributed by atoms with E-state index in [2.05, 4.69) is 4.18 Å². The lowest BCUT2D eigenvalue weighted by molar-refractivity contribution is -0.0500. The van der Waals surface area contributed by atoms with E-state index in [4.69, 9.17) is 13.7 Å². The van der Waals surface area contributed by atoms with Gasteiger partial charge in [-0.05, 0) is 133 Å². The minimum Gasteiger partial charge on any atom is -0.508 e. The fourth-order valence-electron chi connectivity index (χ4n) is 9.34. The Bertz CT molecular complexity index is 4520. The molecule has 0 saturated heterocycles. The van der Waals surface area contributed by atoms with Crippen molar-refractivity contribution in [3.8, 4) is 56.0 Å². The Hall–Kier alpha value is -8.46. The molecule has 0 atom stereocenters. The molecule has 0 spiro atoms. The van der Waals surface area contributed by atoms with Crippen LogP contribution in [0.1, 0.15) is 13.7 Å². The molecule has 0 aromatic heterocycles. The zero-order valence-electron chi connectivity index (χ0n) is 45.9. The van der Waals surface area contributed by atoms with Crippen LogP contribution in [0.2, 0.25) is 0 Å². The van der Waals surface area contributed by atoms with Gasteiger partial charge in [0.2, 0.25) is 0 Å². The molecule has 0 fully saturated rings. The molecular formula is C61H39F3O4S. The number of benzene rings is 12. The minimum absolute atomic E-state index is 0.00293. The third-order valence-corrected chi connectivity index (χ3v) is 13.1. The predicted octanol–water partition coefficient (Wildman–Crippen LogP) is 16.9. The predicted molar refractivity (Wildman–Crippen MR) is 277 cm³/mol. The molecule has 0 aliphatic rings. The Kier molecular flexibility index (Phi) is 8.30. The molecule has 1 N–H and O–H groups in total. The standard InChI is InChI=1S/C31H19F3O3S.C30H20O/c32-31(33,34)38(35,36)37-22-18-21-12-4-5-13-23(21)28(19-22)30-26-16-8-6-14-24(26)29(20-10-2-1-3-11-20)25-15-7-9-17-27(25)30;31-22-18-21-12-4-5-13-23(21)28(19-22)30-26-16-8-6-14-24(26)29(20-10-2-1-3-11-20)25-15-7-9-17-27(25)30/h1-19H;1-19,31H/i2*1D,2D,3D,10D,11D. The number of fused-ring (bicyclic) bond motifs is 6. The first-order chi connectivity index (χ1) is 37.7. The van der Waals surface area contributed by atoms with Gasteiger partial charge in [0.25, 0.3) is 0 Å². The lowest BCUT2D eigenvalue weighted by Gasteiger charge is -2.19. The van der Waals surface area contributed by atoms with Crippen LogP contribution in [0.3, 0.4) is 0 Å². The molecule has 0 radical (unpaired) electrons. The summed E-state index contributed by atoms with van der Waals surface area (Å²) in [6, 6.07) is 46.1. The van der Waals surface area contributed by atoms with Gasteiger partial charge in [0.15, 0.2) is 0 Å². The first-order valence-corrected chi connectivity index (χ1v) is 22.9. The van der Waals surface area contributed by atoms with Gasteiger partial charge in [0, 0.05) is 0 Å². The molecule has 69 heavy (non-hydrogen) atoms. The van der Waals surface area contributed by atoms with E-state index in [1.165, 1.54) is 12.1 Å². The number of hydrogen-bond donors (Lipinski definition) is 1.